The van der Waals surface area contributed by atoms with Crippen molar-refractivity contribution in [2.75, 3.05) is 13.6 Å². The van der Waals surface area contributed by atoms with Crippen LogP contribution < -0.4 is 11.1 Å². The number of carbonyl (C=O) groups excluding carboxylic acids is 2. The van der Waals surface area contributed by atoms with Crippen molar-refractivity contribution in [3.05, 3.63) is 0 Å². The monoisotopic (exact) mass is 241 g/mol. The quantitative estimate of drug-likeness (QED) is 0.692. The first kappa shape index (κ1) is 14.0. The minimum atomic E-state index is -0.833. The molecule has 98 valence electrons. The molecule has 1 saturated carbocycles. The minimum absolute atomic E-state index is 0.0145. The number of carbonyl (C=O) groups is 2. The van der Waals surface area contributed by atoms with Gasteiger partial charge in [0.15, 0.2) is 0 Å². The summed E-state index contributed by atoms with van der Waals surface area (Å²) >= 11 is 0. The fourth-order valence-corrected chi connectivity index (χ4v) is 1.63. The van der Waals surface area contributed by atoms with E-state index in [4.69, 9.17) is 5.73 Å². The van der Waals surface area contributed by atoms with Gasteiger partial charge in [-0.3, -0.25) is 14.9 Å². The Hall–Kier alpha value is -1.10. The Balaban J connectivity index is 2.52. The molecule has 1 fully saturated rings. The highest BCUT2D eigenvalue weighted by atomic mass is 16.2. The standard InChI is InChI=1S/C12H23N3O2/c1-8(2)12(3,11(13)17)14-7-10(16)15(4)9-5-6-9/h8-9,14H,5-7H2,1-4H3,(H2,13,17). The summed E-state index contributed by atoms with van der Waals surface area (Å²) in [6.07, 6.45) is 2.17. The molecule has 1 aliphatic rings. The van der Waals surface area contributed by atoms with Gasteiger partial charge in [0.25, 0.3) is 0 Å². The van der Waals surface area contributed by atoms with Crippen LogP contribution in [0.1, 0.15) is 33.6 Å². The number of rotatable bonds is 6. The molecule has 0 bridgehead atoms. The molecule has 0 aromatic carbocycles. The van der Waals surface area contributed by atoms with Gasteiger partial charge in [0, 0.05) is 13.1 Å². The van der Waals surface area contributed by atoms with Gasteiger partial charge in [0.1, 0.15) is 0 Å². The second-order valence-electron chi connectivity index (χ2n) is 5.31. The zero-order chi connectivity index (χ0) is 13.2. The molecule has 1 atom stereocenters. The van der Waals surface area contributed by atoms with Crippen molar-refractivity contribution in [1.82, 2.24) is 10.2 Å². The van der Waals surface area contributed by atoms with Crippen LogP contribution in [0.3, 0.4) is 0 Å². The maximum absolute atomic E-state index is 11.8. The van der Waals surface area contributed by atoms with Crippen molar-refractivity contribution in [1.29, 1.82) is 0 Å². The molecule has 5 heteroatoms. The van der Waals surface area contributed by atoms with Crippen molar-refractivity contribution in [2.24, 2.45) is 11.7 Å². The number of nitrogens with zero attached hydrogens (tertiary/aromatic N) is 1. The van der Waals surface area contributed by atoms with Crippen LogP contribution in [-0.4, -0.2) is 41.9 Å². The van der Waals surface area contributed by atoms with E-state index in [2.05, 4.69) is 5.32 Å². The van der Waals surface area contributed by atoms with Gasteiger partial charge in [-0.25, -0.2) is 0 Å². The van der Waals surface area contributed by atoms with E-state index in [-0.39, 0.29) is 18.4 Å². The number of hydrogen-bond donors (Lipinski definition) is 2. The molecule has 1 rings (SSSR count). The molecule has 0 aromatic rings. The second kappa shape index (κ2) is 5.04. The minimum Gasteiger partial charge on any atom is -0.368 e. The molecule has 0 heterocycles. The number of primary amides is 1. The first-order chi connectivity index (χ1) is 7.79. The van der Waals surface area contributed by atoms with Crippen LogP contribution in [-0.2, 0) is 9.59 Å². The summed E-state index contributed by atoms with van der Waals surface area (Å²) < 4.78 is 0. The molecule has 3 N–H and O–H groups in total. The van der Waals surface area contributed by atoms with E-state index >= 15 is 0 Å². The van der Waals surface area contributed by atoms with E-state index in [0.717, 1.165) is 12.8 Å². The number of nitrogens with one attached hydrogen (secondary N) is 1. The maximum Gasteiger partial charge on any atom is 0.237 e. The largest absolute Gasteiger partial charge is 0.368 e. The van der Waals surface area contributed by atoms with Gasteiger partial charge < -0.3 is 10.6 Å². The van der Waals surface area contributed by atoms with Gasteiger partial charge in [0.2, 0.25) is 11.8 Å². The first-order valence-electron chi connectivity index (χ1n) is 6.09. The Labute approximate surface area is 103 Å². The Bertz CT molecular complexity index is 313. The third-order valence-electron chi connectivity index (χ3n) is 3.76. The number of nitrogens with two attached hydrogens (primary N) is 1. The molecule has 5 nitrogen and oxygen atoms in total. The highest BCUT2D eigenvalue weighted by molar-refractivity contribution is 5.86. The van der Waals surface area contributed by atoms with Gasteiger partial charge >= 0.3 is 0 Å². The molecular formula is C12H23N3O2. The van der Waals surface area contributed by atoms with E-state index in [0.29, 0.717) is 6.04 Å². The van der Waals surface area contributed by atoms with Crippen molar-refractivity contribution in [2.45, 2.75) is 45.2 Å². The van der Waals surface area contributed by atoms with Crippen molar-refractivity contribution < 1.29 is 9.59 Å². The number of amides is 2. The summed E-state index contributed by atoms with van der Waals surface area (Å²) in [6, 6.07) is 0.392. The smallest absolute Gasteiger partial charge is 0.237 e. The fourth-order valence-electron chi connectivity index (χ4n) is 1.63. The summed E-state index contributed by atoms with van der Waals surface area (Å²) in [7, 11) is 1.80. The van der Waals surface area contributed by atoms with E-state index in [9.17, 15) is 9.59 Å². The predicted octanol–water partition coefficient (Wildman–Crippen LogP) is 0.0968. The topological polar surface area (TPSA) is 75.4 Å². The lowest BCUT2D eigenvalue weighted by atomic mass is 9.87. The fraction of sp³-hybridized carbons (Fsp3) is 0.833. The maximum atomic E-state index is 11.8. The average molecular weight is 241 g/mol. The highest BCUT2D eigenvalue weighted by Crippen LogP contribution is 2.25. The lowest BCUT2D eigenvalue weighted by molar-refractivity contribution is -0.131. The summed E-state index contributed by atoms with van der Waals surface area (Å²) in [5.41, 5.74) is 4.55. The van der Waals surface area contributed by atoms with Crippen LogP contribution in [0.25, 0.3) is 0 Å². The van der Waals surface area contributed by atoms with Crippen LogP contribution in [0.2, 0.25) is 0 Å². The predicted molar refractivity (Wildman–Crippen MR) is 66.2 cm³/mol. The zero-order valence-electron chi connectivity index (χ0n) is 11.1. The van der Waals surface area contributed by atoms with Gasteiger partial charge in [-0.1, -0.05) is 13.8 Å². The molecule has 0 aliphatic heterocycles. The lowest BCUT2D eigenvalue weighted by Crippen LogP contribution is -2.58. The third kappa shape index (κ3) is 3.19. The second-order valence-corrected chi connectivity index (χ2v) is 5.31. The van der Waals surface area contributed by atoms with Crippen molar-refractivity contribution in [3.8, 4) is 0 Å². The molecule has 0 saturated heterocycles. The number of hydrogen-bond acceptors (Lipinski definition) is 3. The van der Waals surface area contributed by atoms with E-state index < -0.39 is 11.4 Å². The average Bonchev–Trinajstić information content (AvgIpc) is 3.07. The molecular weight excluding hydrogens is 218 g/mol. The van der Waals surface area contributed by atoms with E-state index in [1.165, 1.54) is 0 Å². The number of likely N-dealkylation sites (N-methyl/N-ethyl adjacent to an activating group) is 1. The Kier molecular flexibility index (Phi) is 4.14. The summed E-state index contributed by atoms with van der Waals surface area (Å²) in [4.78, 5) is 25.0. The van der Waals surface area contributed by atoms with Gasteiger partial charge in [0.05, 0.1) is 12.1 Å². The molecule has 0 radical (unpaired) electrons. The Morgan fingerprint density at radius 1 is 1.47 bits per heavy atom. The molecule has 1 unspecified atom stereocenters. The Morgan fingerprint density at radius 2 is 2.00 bits per heavy atom. The molecule has 0 spiro atoms. The summed E-state index contributed by atoms with van der Waals surface area (Å²) in [5.74, 6) is -0.367. The normalized spacial score (nSPS) is 18.9. The SMILES string of the molecule is CC(C)C(C)(NCC(=O)N(C)C1CC1)C(N)=O. The van der Waals surface area contributed by atoms with E-state index in [1.807, 2.05) is 13.8 Å². The first-order valence-corrected chi connectivity index (χ1v) is 6.09. The third-order valence-corrected chi connectivity index (χ3v) is 3.76. The lowest BCUT2D eigenvalue weighted by Gasteiger charge is -2.32. The summed E-state index contributed by atoms with van der Waals surface area (Å²) in [6.45, 7) is 5.72. The molecule has 0 aromatic heterocycles. The Morgan fingerprint density at radius 3 is 2.35 bits per heavy atom. The van der Waals surface area contributed by atoms with Crippen LogP contribution in [0, 0.1) is 5.92 Å². The van der Waals surface area contributed by atoms with Gasteiger partial charge in [-0.05, 0) is 25.7 Å². The molecule has 2 amide bonds. The zero-order valence-corrected chi connectivity index (χ0v) is 11.1. The van der Waals surface area contributed by atoms with Crippen molar-refractivity contribution >= 4 is 11.8 Å². The molecule has 17 heavy (non-hydrogen) atoms. The van der Waals surface area contributed by atoms with Gasteiger partial charge in [-0.2, -0.15) is 0 Å². The van der Waals surface area contributed by atoms with Crippen LogP contribution >= 0.6 is 0 Å². The molecule has 1 aliphatic carbocycles. The summed E-state index contributed by atoms with van der Waals surface area (Å²) in [5, 5.41) is 2.99. The van der Waals surface area contributed by atoms with Crippen LogP contribution in [0.5, 0.6) is 0 Å². The van der Waals surface area contributed by atoms with Crippen molar-refractivity contribution in [3.63, 3.8) is 0 Å². The van der Waals surface area contributed by atoms with E-state index in [1.54, 1.807) is 18.9 Å². The van der Waals surface area contributed by atoms with Crippen LogP contribution in [0.4, 0.5) is 0 Å². The highest BCUT2D eigenvalue weighted by Gasteiger charge is 2.36. The van der Waals surface area contributed by atoms with Gasteiger partial charge in [-0.15, -0.1) is 0 Å². The van der Waals surface area contributed by atoms with Crippen LogP contribution in [0.15, 0.2) is 0 Å².